The van der Waals surface area contributed by atoms with Crippen LogP contribution in [-0.2, 0) is 4.79 Å². The molecule has 27 heavy (non-hydrogen) atoms. The van der Waals surface area contributed by atoms with E-state index in [1.807, 2.05) is 30.3 Å². The van der Waals surface area contributed by atoms with Gasteiger partial charge in [-0.3, -0.25) is 4.79 Å². The Morgan fingerprint density at radius 1 is 1.15 bits per heavy atom. The molecule has 8 heteroatoms. The molecule has 1 amide bonds. The van der Waals surface area contributed by atoms with Crippen molar-refractivity contribution in [3.8, 4) is 5.75 Å². The molecular formula is C19H18FN5O2. The number of amides is 1. The summed E-state index contributed by atoms with van der Waals surface area (Å²) < 4.78 is 20.3. The summed E-state index contributed by atoms with van der Waals surface area (Å²) in [5, 5.41) is 11.6. The van der Waals surface area contributed by atoms with Crippen molar-refractivity contribution in [1.82, 2.24) is 25.1 Å². The summed E-state index contributed by atoms with van der Waals surface area (Å²) in [5.41, 5.74) is 0.820. The van der Waals surface area contributed by atoms with Crippen LogP contribution in [0.2, 0.25) is 0 Å². The Bertz CT molecular complexity index is 923. The number of halogens is 1. The van der Waals surface area contributed by atoms with Gasteiger partial charge < -0.3 is 9.64 Å². The summed E-state index contributed by atoms with van der Waals surface area (Å²) in [6, 6.07) is 14.7. The number of benzene rings is 2. The first kappa shape index (κ1) is 17.1. The summed E-state index contributed by atoms with van der Waals surface area (Å²) in [6.45, 7) is 2.68. The molecule has 0 N–H and O–H groups in total. The van der Waals surface area contributed by atoms with E-state index >= 15 is 0 Å². The SMILES string of the molecule is Cc1nnnn1[C@H](C(=O)N1CC(Oc2ccc(F)cc2)C1)c1ccccc1. The monoisotopic (exact) mass is 367 g/mol. The van der Waals surface area contributed by atoms with Crippen molar-refractivity contribution in [2.24, 2.45) is 0 Å². The zero-order chi connectivity index (χ0) is 18.8. The molecule has 7 nitrogen and oxygen atoms in total. The molecule has 0 aliphatic carbocycles. The molecule has 1 aliphatic rings. The lowest BCUT2D eigenvalue weighted by Gasteiger charge is -2.40. The van der Waals surface area contributed by atoms with E-state index in [2.05, 4.69) is 15.5 Å². The Kier molecular flexibility index (Phi) is 4.53. The highest BCUT2D eigenvalue weighted by atomic mass is 19.1. The largest absolute Gasteiger partial charge is 0.487 e. The fraction of sp³-hybridized carbons (Fsp3) is 0.263. The van der Waals surface area contributed by atoms with Gasteiger partial charge in [0.25, 0.3) is 5.91 Å². The second-order valence-corrected chi connectivity index (χ2v) is 6.42. The first-order chi connectivity index (χ1) is 13.1. The summed E-state index contributed by atoms with van der Waals surface area (Å²) in [5.74, 6) is 0.757. The van der Waals surface area contributed by atoms with Gasteiger partial charge in [0.1, 0.15) is 23.5 Å². The van der Waals surface area contributed by atoms with Crippen LogP contribution in [0.5, 0.6) is 5.75 Å². The highest BCUT2D eigenvalue weighted by Gasteiger charge is 2.38. The molecule has 2 heterocycles. The van der Waals surface area contributed by atoms with E-state index in [4.69, 9.17) is 4.74 Å². The van der Waals surface area contributed by atoms with E-state index in [0.717, 1.165) is 5.56 Å². The molecule has 0 spiro atoms. The second kappa shape index (κ2) is 7.14. The molecule has 0 saturated carbocycles. The number of nitrogens with zero attached hydrogens (tertiary/aromatic N) is 5. The van der Waals surface area contributed by atoms with Gasteiger partial charge in [-0.1, -0.05) is 30.3 Å². The minimum Gasteiger partial charge on any atom is -0.487 e. The molecule has 0 bridgehead atoms. The molecular weight excluding hydrogens is 349 g/mol. The number of hydrogen-bond donors (Lipinski definition) is 0. The molecule has 1 aromatic heterocycles. The van der Waals surface area contributed by atoms with Crippen molar-refractivity contribution in [2.75, 3.05) is 13.1 Å². The van der Waals surface area contributed by atoms with E-state index in [9.17, 15) is 9.18 Å². The molecule has 0 radical (unpaired) electrons. The van der Waals surface area contributed by atoms with Gasteiger partial charge >= 0.3 is 0 Å². The molecule has 4 rings (SSSR count). The summed E-state index contributed by atoms with van der Waals surface area (Å²) in [4.78, 5) is 14.8. The van der Waals surface area contributed by atoms with Crippen LogP contribution >= 0.6 is 0 Å². The number of hydrogen-bond acceptors (Lipinski definition) is 5. The zero-order valence-electron chi connectivity index (χ0n) is 14.7. The van der Waals surface area contributed by atoms with Gasteiger partial charge in [-0.2, -0.15) is 0 Å². The second-order valence-electron chi connectivity index (χ2n) is 6.42. The van der Waals surface area contributed by atoms with Gasteiger partial charge in [0.15, 0.2) is 6.04 Å². The Morgan fingerprint density at radius 3 is 2.48 bits per heavy atom. The molecule has 1 saturated heterocycles. The quantitative estimate of drug-likeness (QED) is 0.690. The van der Waals surface area contributed by atoms with Crippen LogP contribution in [0.25, 0.3) is 0 Å². The Balaban J connectivity index is 1.47. The topological polar surface area (TPSA) is 73.1 Å². The smallest absolute Gasteiger partial charge is 0.252 e. The van der Waals surface area contributed by atoms with Gasteiger partial charge in [0.2, 0.25) is 0 Å². The van der Waals surface area contributed by atoms with Crippen LogP contribution < -0.4 is 4.74 Å². The minimum atomic E-state index is -0.618. The van der Waals surface area contributed by atoms with Crippen molar-refractivity contribution in [3.63, 3.8) is 0 Å². The number of aromatic nitrogens is 4. The lowest BCUT2D eigenvalue weighted by molar-refractivity contribution is -0.142. The summed E-state index contributed by atoms with van der Waals surface area (Å²) in [6.07, 6.45) is -0.120. The van der Waals surface area contributed by atoms with E-state index in [1.54, 1.807) is 24.0 Å². The van der Waals surface area contributed by atoms with Gasteiger partial charge in [-0.15, -0.1) is 5.10 Å². The molecule has 0 unspecified atom stereocenters. The van der Waals surface area contributed by atoms with Gasteiger partial charge in [0.05, 0.1) is 13.1 Å². The number of likely N-dealkylation sites (tertiary alicyclic amines) is 1. The number of carbonyl (C=O) groups excluding carboxylic acids is 1. The Morgan fingerprint density at radius 2 is 1.85 bits per heavy atom. The molecule has 138 valence electrons. The number of tetrazole rings is 1. The van der Waals surface area contributed by atoms with Gasteiger partial charge in [-0.05, 0) is 47.2 Å². The lowest BCUT2D eigenvalue weighted by Crippen LogP contribution is -2.58. The normalized spacial score (nSPS) is 15.3. The molecule has 3 aromatic rings. The Hall–Kier alpha value is -3.29. The predicted octanol–water partition coefficient (Wildman–Crippen LogP) is 2.00. The fourth-order valence-electron chi connectivity index (χ4n) is 3.07. The van der Waals surface area contributed by atoms with Crippen molar-refractivity contribution in [3.05, 3.63) is 71.8 Å². The average molecular weight is 367 g/mol. The molecule has 1 atom stereocenters. The lowest BCUT2D eigenvalue weighted by atomic mass is 10.0. The summed E-state index contributed by atoms with van der Waals surface area (Å²) in [7, 11) is 0. The van der Waals surface area contributed by atoms with Crippen LogP contribution in [0.1, 0.15) is 17.4 Å². The fourth-order valence-corrected chi connectivity index (χ4v) is 3.07. The number of ether oxygens (including phenoxy) is 1. The highest BCUT2D eigenvalue weighted by Crippen LogP contribution is 2.25. The zero-order valence-corrected chi connectivity index (χ0v) is 14.7. The predicted molar refractivity (Wildman–Crippen MR) is 94.5 cm³/mol. The van der Waals surface area contributed by atoms with Gasteiger partial charge in [-0.25, -0.2) is 9.07 Å². The third-order valence-corrected chi connectivity index (χ3v) is 4.53. The van der Waals surface area contributed by atoms with Crippen molar-refractivity contribution in [2.45, 2.75) is 19.1 Å². The van der Waals surface area contributed by atoms with Crippen molar-refractivity contribution >= 4 is 5.91 Å². The summed E-state index contributed by atoms with van der Waals surface area (Å²) >= 11 is 0. The first-order valence-electron chi connectivity index (χ1n) is 8.62. The number of carbonyl (C=O) groups is 1. The van der Waals surface area contributed by atoms with Gasteiger partial charge in [0, 0.05) is 0 Å². The van der Waals surface area contributed by atoms with Crippen LogP contribution in [0.15, 0.2) is 54.6 Å². The van der Waals surface area contributed by atoms with E-state index in [0.29, 0.717) is 24.7 Å². The van der Waals surface area contributed by atoms with Crippen LogP contribution in [-0.4, -0.2) is 50.2 Å². The number of rotatable bonds is 5. The minimum absolute atomic E-state index is 0.0874. The maximum absolute atomic E-state index is 13.1. The van der Waals surface area contributed by atoms with E-state index in [1.165, 1.54) is 16.8 Å². The molecule has 1 aliphatic heterocycles. The van der Waals surface area contributed by atoms with Crippen molar-refractivity contribution in [1.29, 1.82) is 0 Å². The average Bonchev–Trinajstić information content (AvgIpc) is 3.06. The third kappa shape index (κ3) is 3.51. The highest BCUT2D eigenvalue weighted by molar-refractivity contribution is 5.84. The first-order valence-corrected chi connectivity index (χ1v) is 8.62. The maximum Gasteiger partial charge on any atom is 0.252 e. The maximum atomic E-state index is 13.1. The van der Waals surface area contributed by atoms with Crippen LogP contribution in [0.4, 0.5) is 4.39 Å². The Labute approximate surface area is 155 Å². The van der Waals surface area contributed by atoms with Crippen LogP contribution in [0.3, 0.4) is 0 Å². The van der Waals surface area contributed by atoms with Crippen molar-refractivity contribution < 1.29 is 13.9 Å². The third-order valence-electron chi connectivity index (χ3n) is 4.53. The van der Waals surface area contributed by atoms with E-state index < -0.39 is 6.04 Å². The van der Waals surface area contributed by atoms with E-state index in [-0.39, 0.29) is 17.8 Å². The standard InChI is InChI=1S/C19H18FN5O2/c1-13-21-22-23-25(13)18(14-5-3-2-4-6-14)19(26)24-11-17(12-24)27-16-9-7-15(20)8-10-16/h2-10,17-18H,11-12H2,1H3/t18-/m0/s1. The molecule has 2 aromatic carbocycles. The number of aryl methyl sites for hydroxylation is 1. The molecule has 1 fully saturated rings. The van der Waals surface area contributed by atoms with Crippen LogP contribution in [0, 0.1) is 12.7 Å².